The SMILES string of the molecule is CC1=[C-]CC=C1.CC1=[C-]CC=C1C.C[SiH]C.Cl.Cl.[Zr+2]. The first kappa shape index (κ1) is 27.9. The van der Waals surface area contributed by atoms with Crippen LogP contribution in [0, 0.1) is 12.2 Å². The Morgan fingerprint density at radius 1 is 1.00 bits per heavy atom. The minimum Gasteiger partial charge on any atom is -0.270 e. The van der Waals surface area contributed by atoms with Crippen LogP contribution in [0.3, 0.4) is 0 Å². The number of hydrogen-bond acceptors (Lipinski definition) is 0. The van der Waals surface area contributed by atoms with Crippen LogP contribution in [0.2, 0.25) is 13.1 Å². The average Bonchev–Trinajstić information content (AvgIpc) is 2.83. The number of rotatable bonds is 0. The predicted molar refractivity (Wildman–Crippen MR) is 90.4 cm³/mol. The summed E-state index contributed by atoms with van der Waals surface area (Å²) in [4.78, 5) is 0. The largest absolute Gasteiger partial charge is 2.00 e. The average molecular weight is 396 g/mol. The molecule has 19 heavy (non-hydrogen) atoms. The molecule has 0 aromatic rings. The molecule has 0 saturated carbocycles. The van der Waals surface area contributed by atoms with Gasteiger partial charge < -0.3 is 0 Å². The van der Waals surface area contributed by atoms with Gasteiger partial charge in [-0.2, -0.15) is 12.2 Å². The van der Waals surface area contributed by atoms with Crippen molar-refractivity contribution >= 4 is 34.3 Å². The fourth-order valence-electron chi connectivity index (χ4n) is 1.16. The van der Waals surface area contributed by atoms with Crippen LogP contribution in [-0.2, 0) is 26.2 Å². The van der Waals surface area contributed by atoms with Crippen molar-refractivity contribution in [1.29, 1.82) is 0 Å². The van der Waals surface area contributed by atoms with Crippen molar-refractivity contribution in [3.8, 4) is 0 Å². The van der Waals surface area contributed by atoms with E-state index in [0.29, 0.717) is 0 Å². The molecular formula is C15H25Cl2SiZr. The fraction of sp³-hybridized carbons (Fsp3) is 0.467. The maximum atomic E-state index is 3.19. The van der Waals surface area contributed by atoms with Crippen molar-refractivity contribution in [1.82, 2.24) is 0 Å². The van der Waals surface area contributed by atoms with Gasteiger partial charge in [-0.3, -0.25) is 12.2 Å². The van der Waals surface area contributed by atoms with E-state index in [2.05, 4.69) is 64.2 Å². The molecular weight excluding hydrogens is 370 g/mol. The molecule has 4 heteroatoms. The zero-order valence-corrected chi connectivity index (χ0v) is 17.8. The maximum absolute atomic E-state index is 3.19. The van der Waals surface area contributed by atoms with E-state index in [1.807, 2.05) is 0 Å². The Labute approximate surface area is 153 Å². The molecule has 0 aromatic heterocycles. The molecule has 1 radical (unpaired) electrons. The quantitative estimate of drug-likeness (QED) is 0.393. The van der Waals surface area contributed by atoms with Gasteiger partial charge in [-0.1, -0.05) is 26.9 Å². The van der Waals surface area contributed by atoms with E-state index in [9.17, 15) is 0 Å². The van der Waals surface area contributed by atoms with Crippen LogP contribution in [0.4, 0.5) is 0 Å². The third kappa shape index (κ3) is 16.6. The van der Waals surface area contributed by atoms with E-state index >= 15 is 0 Å². The summed E-state index contributed by atoms with van der Waals surface area (Å²) in [5, 5.41) is 0. The molecule has 0 aliphatic heterocycles. The van der Waals surface area contributed by atoms with Gasteiger partial charge in [0.1, 0.15) is 0 Å². The van der Waals surface area contributed by atoms with Gasteiger partial charge in [-0.05, 0) is 0 Å². The van der Waals surface area contributed by atoms with E-state index in [1.165, 1.54) is 16.7 Å². The third-order valence-corrected chi connectivity index (χ3v) is 2.23. The van der Waals surface area contributed by atoms with Gasteiger partial charge >= 0.3 is 26.2 Å². The molecule has 2 aliphatic carbocycles. The number of allylic oxidation sites excluding steroid dienone is 8. The van der Waals surface area contributed by atoms with E-state index in [0.717, 1.165) is 22.4 Å². The maximum Gasteiger partial charge on any atom is 2.00 e. The second-order valence-electron chi connectivity index (χ2n) is 3.94. The number of hydrogen-bond donors (Lipinski definition) is 0. The second-order valence-corrected chi connectivity index (χ2v) is 5.09. The predicted octanol–water partition coefficient (Wildman–Crippen LogP) is 5.14. The van der Waals surface area contributed by atoms with Gasteiger partial charge in [0.15, 0.2) is 0 Å². The first-order valence-electron chi connectivity index (χ1n) is 5.84. The van der Waals surface area contributed by atoms with Crippen molar-refractivity contribution < 1.29 is 26.2 Å². The van der Waals surface area contributed by atoms with Gasteiger partial charge in [-0.15, -0.1) is 44.6 Å². The minimum absolute atomic E-state index is 0. The number of halogens is 2. The first-order chi connectivity index (χ1) is 7.61. The summed E-state index contributed by atoms with van der Waals surface area (Å²) in [5.41, 5.74) is 3.98. The fourth-order valence-corrected chi connectivity index (χ4v) is 1.16. The standard InChI is InChI=1S/C7H9.C6H7.C2H7Si.2ClH.Zr/c1-6-4-3-5-7(6)2;1-6-4-2-3-5-6;1-3-2;;;/h4H,3H2,1-2H3;2,4H,3H2,1H3;3H,1-2H3;2*1H;/q2*-1;;;;+2. The molecule has 0 aromatic carbocycles. The molecule has 0 heterocycles. The van der Waals surface area contributed by atoms with Crippen LogP contribution in [0.25, 0.3) is 0 Å². The van der Waals surface area contributed by atoms with Gasteiger partial charge in [0, 0.05) is 9.52 Å². The van der Waals surface area contributed by atoms with Crippen LogP contribution >= 0.6 is 24.8 Å². The van der Waals surface area contributed by atoms with Crippen LogP contribution in [0.5, 0.6) is 0 Å². The van der Waals surface area contributed by atoms with Crippen molar-refractivity contribution in [3.05, 3.63) is 47.1 Å². The minimum atomic E-state index is 0. The zero-order chi connectivity index (χ0) is 12.4. The molecule has 107 valence electrons. The molecule has 0 amide bonds. The van der Waals surface area contributed by atoms with E-state index < -0.39 is 0 Å². The van der Waals surface area contributed by atoms with E-state index in [1.54, 1.807) is 0 Å². The van der Waals surface area contributed by atoms with Gasteiger partial charge in [0.05, 0.1) is 0 Å². The molecule has 0 atom stereocenters. The molecule has 2 aliphatic rings. The van der Waals surface area contributed by atoms with Crippen LogP contribution in [0.1, 0.15) is 33.6 Å². The van der Waals surface area contributed by atoms with E-state index in [4.69, 9.17) is 0 Å². The summed E-state index contributed by atoms with van der Waals surface area (Å²) in [7, 11) is 0.750. The smallest absolute Gasteiger partial charge is 0.270 e. The normalized spacial score (nSPS) is 13.8. The summed E-state index contributed by atoms with van der Waals surface area (Å²) in [5.74, 6) is 0. The molecule has 0 saturated heterocycles. The Hall–Kier alpha value is 0.640. The Morgan fingerprint density at radius 2 is 1.53 bits per heavy atom. The Bertz CT molecular complexity index is 299. The van der Waals surface area contributed by atoms with Crippen LogP contribution < -0.4 is 0 Å². The van der Waals surface area contributed by atoms with Crippen molar-refractivity contribution in [2.45, 2.75) is 46.7 Å². The first-order valence-corrected chi connectivity index (χ1v) is 8.15. The van der Waals surface area contributed by atoms with Crippen LogP contribution in [-0.4, -0.2) is 9.52 Å². The topological polar surface area (TPSA) is 0 Å². The monoisotopic (exact) mass is 393 g/mol. The summed E-state index contributed by atoms with van der Waals surface area (Å²) >= 11 is 0. The Morgan fingerprint density at radius 3 is 1.63 bits per heavy atom. The Balaban J connectivity index is -0.0000000877. The molecule has 0 bridgehead atoms. The van der Waals surface area contributed by atoms with Crippen molar-refractivity contribution in [2.24, 2.45) is 0 Å². The molecule has 0 fully saturated rings. The summed E-state index contributed by atoms with van der Waals surface area (Å²) in [6.07, 6.45) is 14.7. The molecule has 0 unspecified atom stereocenters. The van der Waals surface area contributed by atoms with Crippen molar-refractivity contribution in [3.63, 3.8) is 0 Å². The molecule has 0 N–H and O–H groups in total. The molecule has 2 rings (SSSR count). The van der Waals surface area contributed by atoms with Gasteiger partial charge in [0.2, 0.25) is 0 Å². The van der Waals surface area contributed by atoms with Gasteiger partial charge in [0.25, 0.3) is 0 Å². The second kappa shape index (κ2) is 18.6. The Kier molecular flexibility index (Phi) is 27.4. The summed E-state index contributed by atoms with van der Waals surface area (Å²) in [6, 6.07) is 0. The van der Waals surface area contributed by atoms with Crippen molar-refractivity contribution in [2.75, 3.05) is 0 Å². The molecule has 0 spiro atoms. The molecule has 0 nitrogen and oxygen atoms in total. The van der Waals surface area contributed by atoms with Gasteiger partial charge in [-0.25, -0.2) is 22.8 Å². The van der Waals surface area contributed by atoms with Crippen LogP contribution in [0.15, 0.2) is 34.9 Å². The summed E-state index contributed by atoms with van der Waals surface area (Å²) in [6.45, 7) is 10.7. The van der Waals surface area contributed by atoms with E-state index in [-0.39, 0.29) is 51.0 Å². The third-order valence-electron chi connectivity index (χ3n) is 2.23. The summed E-state index contributed by atoms with van der Waals surface area (Å²) < 4.78 is 0. The zero-order valence-electron chi connectivity index (χ0n) is 12.5.